The van der Waals surface area contributed by atoms with Crippen LogP contribution in [-0.4, -0.2) is 12.4 Å². The maximum Gasteiger partial charge on any atom is 0.173 e. The number of nitrogens with zero attached hydrogens (tertiary/aromatic N) is 1. The average Bonchev–Trinajstić information content (AvgIpc) is 2.90. The Kier molecular flexibility index (Phi) is 4.22. The molecule has 1 aromatic rings. The summed E-state index contributed by atoms with van der Waals surface area (Å²) in [4.78, 5) is 11.8. The largest absolute Gasteiger partial charge is 0.484 e. The van der Waals surface area contributed by atoms with Crippen molar-refractivity contribution in [3.05, 3.63) is 28.8 Å². The normalized spacial score (nSPS) is 15.3. The number of Topliss-reactive ketones (excluding diaryl/α,β-unsaturated/α-hetero) is 1. The van der Waals surface area contributed by atoms with E-state index in [0.29, 0.717) is 16.3 Å². The number of carbonyl (C=O) groups is 1. The van der Waals surface area contributed by atoms with E-state index in [0.717, 1.165) is 25.7 Å². The molecule has 1 fully saturated rings. The van der Waals surface area contributed by atoms with Crippen molar-refractivity contribution in [1.29, 1.82) is 5.26 Å². The van der Waals surface area contributed by atoms with Gasteiger partial charge in [-0.1, -0.05) is 24.4 Å². The number of hydrogen-bond donors (Lipinski definition) is 0. The second-order valence-corrected chi connectivity index (χ2v) is 4.90. The summed E-state index contributed by atoms with van der Waals surface area (Å²) in [6.07, 6.45) is 4.22. The predicted octanol–water partition coefficient (Wildman–Crippen LogP) is 3.35. The Morgan fingerprint density at radius 3 is 2.78 bits per heavy atom. The lowest BCUT2D eigenvalue weighted by Gasteiger charge is -2.10. The van der Waals surface area contributed by atoms with Crippen molar-refractivity contribution in [2.24, 2.45) is 5.92 Å². The van der Waals surface area contributed by atoms with Crippen LogP contribution in [0.25, 0.3) is 0 Å². The van der Waals surface area contributed by atoms with Crippen LogP contribution >= 0.6 is 11.6 Å². The van der Waals surface area contributed by atoms with E-state index < -0.39 is 0 Å². The van der Waals surface area contributed by atoms with Gasteiger partial charge >= 0.3 is 0 Å². The zero-order valence-corrected chi connectivity index (χ0v) is 10.7. The Labute approximate surface area is 111 Å². The Morgan fingerprint density at radius 2 is 2.17 bits per heavy atom. The number of benzene rings is 1. The van der Waals surface area contributed by atoms with Gasteiger partial charge in [-0.25, -0.2) is 0 Å². The van der Waals surface area contributed by atoms with Crippen molar-refractivity contribution in [3.8, 4) is 11.8 Å². The summed E-state index contributed by atoms with van der Waals surface area (Å²) >= 11 is 5.96. The van der Waals surface area contributed by atoms with Gasteiger partial charge in [0.2, 0.25) is 0 Å². The highest BCUT2D eigenvalue weighted by atomic mass is 35.5. The number of ether oxygens (including phenoxy) is 1. The Balaban J connectivity index is 1.94. The molecule has 18 heavy (non-hydrogen) atoms. The highest BCUT2D eigenvalue weighted by Crippen LogP contribution is 2.28. The molecule has 1 aromatic carbocycles. The number of halogens is 1. The van der Waals surface area contributed by atoms with Crippen molar-refractivity contribution < 1.29 is 9.53 Å². The first-order chi connectivity index (χ1) is 8.70. The highest BCUT2D eigenvalue weighted by molar-refractivity contribution is 6.32. The molecule has 0 N–H and O–H groups in total. The van der Waals surface area contributed by atoms with Gasteiger partial charge in [-0.15, -0.1) is 0 Å². The van der Waals surface area contributed by atoms with E-state index in [-0.39, 0.29) is 18.3 Å². The summed E-state index contributed by atoms with van der Waals surface area (Å²) in [5.74, 6) is 0.761. The molecule has 4 heteroatoms. The molecule has 1 aliphatic rings. The van der Waals surface area contributed by atoms with Crippen LogP contribution in [0.1, 0.15) is 31.2 Å². The fourth-order valence-electron chi connectivity index (χ4n) is 2.20. The fourth-order valence-corrected chi connectivity index (χ4v) is 2.44. The Morgan fingerprint density at radius 1 is 1.44 bits per heavy atom. The maximum absolute atomic E-state index is 11.8. The second kappa shape index (κ2) is 5.88. The van der Waals surface area contributed by atoms with E-state index in [4.69, 9.17) is 21.6 Å². The molecule has 0 aliphatic heterocycles. The molecule has 3 nitrogen and oxygen atoms in total. The van der Waals surface area contributed by atoms with E-state index in [1.54, 1.807) is 12.1 Å². The molecule has 0 bridgehead atoms. The van der Waals surface area contributed by atoms with Gasteiger partial charge < -0.3 is 4.74 Å². The first kappa shape index (κ1) is 12.9. The number of nitriles is 1. The monoisotopic (exact) mass is 263 g/mol. The van der Waals surface area contributed by atoms with Crippen LogP contribution in [0.15, 0.2) is 18.2 Å². The van der Waals surface area contributed by atoms with Gasteiger partial charge in [0.25, 0.3) is 0 Å². The minimum absolute atomic E-state index is 0.0658. The summed E-state index contributed by atoms with van der Waals surface area (Å²) in [7, 11) is 0. The third-order valence-corrected chi connectivity index (χ3v) is 3.54. The lowest BCUT2D eigenvalue weighted by Crippen LogP contribution is -2.19. The Bertz CT molecular complexity index is 487. The molecule has 0 heterocycles. The summed E-state index contributed by atoms with van der Waals surface area (Å²) in [5, 5.41) is 9.08. The van der Waals surface area contributed by atoms with Crippen LogP contribution in [0.5, 0.6) is 5.75 Å². The van der Waals surface area contributed by atoms with Crippen molar-refractivity contribution in [2.75, 3.05) is 6.61 Å². The summed E-state index contributed by atoms with van der Waals surface area (Å²) in [5.41, 5.74) is 0.481. The van der Waals surface area contributed by atoms with Crippen molar-refractivity contribution >= 4 is 17.4 Å². The van der Waals surface area contributed by atoms with Crippen LogP contribution in [0.3, 0.4) is 0 Å². The molecule has 0 saturated heterocycles. The summed E-state index contributed by atoms with van der Waals surface area (Å²) < 4.78 is 5.42. The molecule has 0 unspecified atom stereocenters. The first-order valence-electron chi connectivity index (χ1n) is 6.06. The molecule has 2 rings (SSSR count). The first-order valence-corrected chi connectivity index (χ1v) is 6.43. The lowest BCUT2D eigenvalue weighted by molar-refractivity contribution is -0.124. The van der Waals surface area contributed by atoms with E-state index >= 15 is 0 Å². The molecule has 0 amide bonds. The average molecular weight is 264 g/mol. The van der Waals surface area contributed by atoms with Crippen LogP contribution in [0.4, 0.5) is 0 Å². The number of ketones is 1. The van der Waals surface area contributed by atoms with Gasteiger partial charge in [0.05, 0.1) is 16.7 Å². The quantitative estimate of drug-likeness (QED) is 0.837. The van der Waals surface area contributed by atoms with Gasteiger partial charge in [-0.3, -0.25) is 4.79 Å². The number of carbonyl (C=O) groups excluding carboxylic acids is 1. The van der Waals surface area contributed by atoms with Crippen LogP contribution in [0.2, 0.25) is 5.02 Å². The topological polar surface area (TPSA) is 50.1 Å². The van der Waals surface area contributed by atoms with E-state index in [1.807, 2.05) is 6.07 Å². The summed E-state index contributed by atoms with van der Waals surface area (Å²) in [6, 6.07) is 6.79. The number of hydrogen-bond acceptors (Lipinski definition) is 3. The minimum atomic E-state index is 0.0658. The molecule has 0 radical (unpaired) electrons. The zero-order chi connectivity index (χ0) is 13.0. The van der Waals surface area contributed by atoms with E-state index in [2.05, 4.69) is 0 Å². The van der Waals surface area contributed by atoms with Gasteiger partial charge in [-0.05, 0) is 31.0 Å². The minimum Gasteiger partial charge on any atom is -0.484 e. The van der Waals surface area contributed by atoms with Gasteiger partial charge in [0, 0.05) is 5.92 Å². The maximum atomic E-state index is 11.8. The third kappa shape index (κ3) is 3.02. The molecule has 0 spiro atoms. The molecule has 1 saturated carbocycles. The van der Waals surface area contributed by atoms with E-state index in [9.17, 15) is 4.79 Å². The van der Waals surface area contributed by atoms with Crippen molar-refractivity contribution in [1.82, 2.24) is 0 Å². The third-order valence-electron chi connectivity index (χ3n) is 3.24. The van der Waals surface area contributed by atoms with Crippen molar-refractivity contribution in [3.63, 3.8) is 0 Å². The van der Waals surface area contributed by atoms with Crippen LogP contribution < -0.4 is 4.74 Å². The van der Waals surface area contributed by atoms with Gasteiger partial charge in [0.15, 0.2) is 5.78 Å². The van der Waals surface area contributed by atoms with E-state index in [1.165, 1.54) is 6.07 Å². The molecule has 94 valence electrons. The smallest absolute Gasteiger partial charge is 0.173 e. The number of rotatable bonds is 4. The Hall–Kier alpha value is -1.53. The lowest BCUT2D eigenvalue weighted by atomic mass is 10.0. The van der Waals surface area contributed by atoms with Gasteiger partial charge in [-0.2, -0.15) is 5.26 Å². The second-order valence-electron chi connectivity index (χ2n) is 4.49. The predicted molar refractivity (Wildman–Crippen MR) is 68.6 cm³/mol. The van der Waals surface area contributed by atoms with Crippen LogP contribution in [-0.2, 0) is 4.79 Å². The molecular weight excluding hydrogens is 250 g/mol. The fraction of sp³-hybridized carbons (Fsp3) is 0.429. The summed E-state index contributed by atoms with van der Waals surface area (Å²) in [6.45, 7) is 0.0658. The van der Waals surface area contributed by atoms with Gasteiger partial charge in [0.1, 0.15) is 12.4 Å². The zero-order valence-electron chi connectivity index (χ0n) is 9.99. The molecule has 0 atom stereocenters. The SMILES string of the molecule is N#Cc1ccc(OCC(=O)C2CCCC2)c(Cl)c1. The standard InChI is InChI=1S/C14H14ClNO2/c15-12-7-10(8-16)5-6-14(12)18-9-13(17)11-3-1-2-4-11/h5-7,11H,1-4,9H2. The molecule has 1 aliphatic carbocycles. The van der Waals surface area contributed by atoms with Crippen LogP contribution in [0, 0.1) is 17.2 Å². The highest BCUT2D eigenvalue weighted by Gasteiger charge is 2.22. The molecule has 0 aromatic heterocycles. The van der Waals surface area contributed by atoms with Crippen molar-refractivity contribution in [2.45, 2.75) is 25.7 Å². The molecular formula is C14H14ClNO2.